The fourth-order valence-electron chi connectivity index (χ4n) is 4.03. The lowest BCUT2D eigenvalue weighted by Gasteiger charge is -2.51. The van der Waals surface area contributed by atoms with Crippen LogP contribution in [0.3, 0.4) is 0 Å². The molecule has 128 valence electrons. The zero-order valence-corrected chi connectivity index (χ0v) is 15.9. The summed E-state index contributed by atoms with van der Waals surface area (Å²) in [4.78, 5) is 14.8. The summed E-state index contributed by atoms with van der Waals surface area (Å²) >= 11 is 0. The summed E-state index contributed by atoms with van der Waals surface area (Å²) in [6.45, 7) is 15.2. The van der Waals surface area contributed by atoms with Gasteiger partial charge in [0.2, 0.25) is 0 Å². The largest absolute Gasteiger partial charge is 0.467 e. The van der Waals surface area contributed by atoms with Gasteiger partial charge in [0.05, 0.1) is 7.11 Å². The zero-order valence-electron chi connectivity index (χ0n) is 15.9. The standard InChI is InChI=1S/C20H31NO2/c1-12(2)18(19(22)23-8)21-17-10-14(4)13(3)9-16(17)15(5)11-20(21,6)7/h9-10,12,15,18H,11H2,1-8H3/t15-,18-/m0/s1. The fraction of sp³-hybridized carbons (Fsp3) is 0.650. The average Bonchev–Trinajstić information content (AvgIpc) is 2.44. The van der Waals surface area contributed by atoms with E-state index in [0.717, 1.165) is 6.42 Å². The number of esters is 1. The van der Waals surface area contributed by atoms with Crippen molar-refractivity contribution in [2.45, 2.75) is 72.4 Å². The van der Waals surface area contributed by atoms with Crippen molar-refractivity contribution < 1.29 is 9.53 Å². The number of ether oxygens (including phenoxy) is 1. The van der Waals surface area contributed by atoms with Gasteiger partial charge in [-0.15, -0.1) is 0 Å². The van der Waals surface area contributed by atoms with Gasteiger partial charge in [0, 0.05) is 11.2 Å². The quantitative estimate of drug-likeness (QED) is 0.763. The van der Waals surface area contributed by atoms with Crippen LogP contribution in [-0.2, 0) is 9.53 Å². The molecule has 0 N–H and O–H groups in total. The number of rotatable bonds is 3. The maximum Gasteiger partial charge on any atom is 0.328 e. The lowest BCUT2D eigenvalue weighted by molar-refractivity contribution is -0.143. The van der Waals surface area contributed by atoms with Gasteiger partial charge >= 0.3 is 5.97 Å². The number of aryl methyl sites for hydroxylation is 2. The Bertz CT molecular complexity index is 604. The number of hydrogen-bond donors (Lipinski definition) is 0. The molecule has 0 aliphatic carbocycles. The minimum atomic E-state index is -0.261. The molecule has 1 aliphatic heterocycles. The molecule has 3 nitrogen and oxygen atoms in total. The van der Waals surface area contributed by atoms with Crippen molar-refractivity contribution in [1.29, 1.82) is 0 Å². The number of fused-ring (bicyclic) bond motifs is 1. The van der Waals surface area contributed by atoms with E-state index in [9.17, 15) is 4.79 Å². The van der Waals surface area contributed by atoms with Crippen LogP contribution >= 0.6 is 0 Å². The second-order valence-corrected chi connectivity index (χ2v) is 7.99. The first-order valence-electron chi connectivity index (χ1n) is 8.58. The highest BCUT2D eigenvalue weighted by molar-refractivity contribution is 5.82. The number of carbonyl (C=O) groups excluding carboxylic acids is 1. The minimum Gasteiger partial charge on any atom is -0.467 e. The van der Waals surface area contributed by atoms with Crippen molar-refractivity contribution >= 4 is 11.7 Å². The third-order valence-corrected chi connectivity index (χ3v) is 5.24. The molecule has 0 bridgehead atoms. The normalized spacial score (nSPS) is 21.1. The first-order valence-corrected chi connectivity index (χ1v) is 8.58. The average molecular weight is 317 g/mol. The van der Waals surface area contributed by atoms with Crippen molar-refractivity contribution in [3.05, 3.63) is 28.8 Å². The van der Waals surface area contributed by atoms with Gasteiger partial charge in [0.25, 0.3) is 0 Å². The first kappa shape index (κ1) is 17.8. The summed E-state index contributed by atoms with van der Waals surface area (Å²) in [7, 11) is 1.48. The van der Waals surface area contributed by atoms with E-state index in [4.69, 9.17) is 4.74 Å². The van der Waals surface area contributed by atoms with Crippen LogP contribution in [0.15, 0.2) is 12.1 Å². The van der Waals surface area contributed by atoms with Gasteiger partial charge in [-0.2, -0.15) is 0 Å². The topological polar surface area (TPSA) is 29.5 Å². The van der Waals surface area contributed by atoms with E-state index >= 15 is 0 Å². The fourth-order valence-corrected chi connectivity index (χ4v) is 4.03. The van der Waals surface area contributed by atoms with Crippen LogP contribution in [0.4, 0.5) is 5.69 Å². The number of methoxy groups -OCH3 is 1. The van der Waals surface area contributed by atoms with E-state index in [1.165, 1.54) is 29.5 Å². The Balaban J connectivity index is 2.67. The van der Waals surface area contributed by atoms with Crippen LogP contribution in [0.2, 0.25) is 0 Å². The van der Waals surface area contributed by atoms with Crippen LogP contribution in [0.25, 0.3) is 0 Å². The first-order chi connectivity index (χ1) is 10.6. The molecule has 0 saturated carbocycles. The van der Waals surface area contributed by atoms with Crippen molar-refractivity contribution in [2.24, 2.45) is 5.92 Å². The van der Waals surface area contributed by atoms with E-state index in [1.807, 2.05) is 0 Å². The molecule has 3 heteroatoms. The highest BCUT2D eigenvalue weighted by atomic mass is 16.5. The van der Waals surface area contributed by atoms with Gasteiger partial charge < -0.3 is 9.64 Å². The molecule has 2 atom stereocenters. The summed E-state index contributed by atoms with van der Waals surface area (Å²) in [6.07, 6.45) is 1.03. The second kappa shape index (κ2) is 6.18. The maximum absolute atomic E-state index is 12.5. The summed E-state index contributed by atoms with van der Waals surface area (Å²) in [5, 5.41) is 0. The lowest BCUT2D eigenvalue weighted by Crippen LogP contribution is -2.58. The second-order valence-electron chi connectivity index (χ2n) is 7.99. The monoisotopic (exact) mass is 317 g/mol. The SMILES string of the molecule is COC(=O)[C@H](C(C)C)N1c2cc(C)c(C)cc2[C@@H](C)CC1(C)C. The smallest absolute Gasteiger partial charge is 0.328 e. The number of anilines is 1. The predicted octanol–water partition coefficient (Wildman–Crippen LogP) is 4.59. The number of carbonyl (C=O) groups is 1. The molecule has 0 radical (unpaired) electrons. The van der Waals surface area contributed by atoms with Gasteiger partial charge in [0.1, 0.15) is 6.04 Å². The number of nitrogens with zero attached hydrogens (tertiary/aromatic N) is 1. The Morgan fingerprint density at radius 1 is 1.26 bits per heavy atom. The van der Waals surface area contributed by atoms with Gasteiger partial charge in [-0.1, -0.05) is 26.8 Å². The molecule has 1 heterocycles. The Hall–Kier alpha value is -1.51. The Morgan fingerprint density at radius 3 is 2.35 bits per heavy atom. The predicted molar refractivity (Wildman–Crippen MR) is 96.1 cm³/mol. The third-order valence-electron chi connectivity index (χ3n) is 5.24. The summed E-state index contributed by atoms with van der Waals surface area (Å²) < 4.78 is 5.14. The molecule has 0 fully saturated rings. The van der Waals surface area contributed by atoms with Gasteiger partial charge in [0.15, 0.2) is 0 Å². The van der Waals surface area contributed by atoms with E-state index in [2.05, 4.69) is 65.5 Å². The van der Waals surface area contributed by atoms with Crippen LogP contribution in [0.1, 0.15) is 63.6 Å². The lowest BCUT2D eigenvalue weighted by atomic mass is 9.77. The Morgan fingerprint density at radius 2 is 1.83 bits per heavy atom. The van der Waals surface area contributed by atoms with E-state index in [0.29, 0.717) is 5.92 Å². The van der Waals surface area contributed by atoms with E-state index < -0.39 is 0 Å². The molecule has 23 heavy (non-hydrogen) atoms. The highest BCUT2D eigenvalue weighted by Gasteiger charge is 2.44. The molecule has 0 unspecified atom stereocenters. The molecule has 1 aromatic carbocycles. The third kappa shape index (κ3) is 3.11. The summed E-state index contributed by atoms with van der Waals surface area (Å²) in [5.41, 5.74) is 5.04. The van der Waals surface area contributed by atoms with Gasteiger partial charge in [-0.3, -0.25) is 0 Å². The minimum absolute atomic E-state index is 0.0861. The van der Waals surface area contributed by atoms with Crippen LogP contribution in [-0.4, -0.2) is 24.7 Å². The highest BCUT2D eigenvalue weighted by Crippen LogP contribution is 2.46. The van der Waals surface area contributed by atoms with Gasteiger partial charge in [-0.25, -0.2) is 4.79 Å². The Kier molecular flexibility index (Phi) is 4.79. The van der Waals surface area contributed by atoms with Crippen molar-refractivity contribution in [3.63, 3.8) is 0 Å². The molecule has 1 aliphatic rings. The number of benzene rings is 1. The molecule has 0 saturated heterocycles. The van der Waals surface area contributed by atoms with Gasteiger partial charge in [-0.05, 0) is 68.7 Å². The van der Waals surface area contributed by atoms with Crippen molar-refractivity contribution in [1.82, 2.24) is 0 Å². The van der Waals surface area contributed by atoms with Crippen LogP contribution in [0.5, 0.6) is 0 Å². The Labute approximate surface area is 141 Å². The van der Waals surface area contributed by atoms with Crippen molar-refractivity contribution in [3.8, 4) is 0 Å². The summed E-state index contributed by atoms with van der Waals surface area (Å²) in [5.74, 6) is 0.525. The summed E-state index contributed by atoms with van der Waals surface area (Å²) in [6, 6.07) is 4.29. The van der Waals surface area contributed by atoms with Crippen LogP contribution in [0, 0.1) is 19.8 Å². The molecule has 0 amide bonds. The van der Waals surface area contributed by atoms with Crippen molar-refractivity contribution in [2.75, 3.05) is 12.0 Å². The van der Waals surface area contributed by atoms with E-state index in [-0.39, 0.29) is 23.5 Å². The molecular weight excluding hydrogens is 286 g/mol. The van der Waals surface area contributed by atoms with Crippen LogP contribution < -0.4 is 4.90 Å². The molecule has 2 rings (SSSR count). The molecule has 1 aromatic rings. The maximum atomic E-state index is 12.5. The zero-order chi connectivity index (χ0) is 17.5. The molecule has 0 spiro atoms. The van der Waals surface area contributed by atoms with E-state index in [1.54, 1.807) is 0 Å². The molecule has 0 aromatic heterocycles. The molecular formula is C20H31NO2. The number of hydrogen-bond acceptors (Lipinski definition) is 3.